The van der Waals surface area contributed by atoms with Crippen LogP contribution < -0.4 is 0 Å². The van der Waals surface area contributed by atoms with Gasteiger partial charge in [0.2, 0.25) is 0 Å². The monoisotopic (exact) mass is 436 g/mol. The highest BCUT2D eigenvalue weighted by molar-refractivity contribution is 14.1. The first-order valence-electron chi connectivity index (χ1n) is 6.47. The van der Waals surface area contributed by atoms with Crippen LogP contribution in [0.4, 0.5) is 0 Å². The molecule has 1 amide bonds. The molecule has 1 aliphatic heterocycles. The molecular formula is C14H18BrIN2O. The van der Waals surface area contributed by atoms with Crippen molar-refractivity contribution in [1.82, 2.24) is 9.80 Å². The van der Waals surface area contributed by atoms with Crippen molar-refractivity contribution in [2.45, 2.75) is 19.4 Å². The number of carbonyl (C=O) groups excluding carboxylic acids is 1. The lowest BCUT2D eigenvalue weighted by Gasteiger charge is -2.39. The molecule has 1 fully saturated rings. The second-order valence-electron chi connectivity index (χ2n) is 4.92. The maximum atomic E-state index is 12.6. The van der Waals surface area contributed by atoms with E-state index in [0.717, 1.165) is 39.7 Å². The fourth-order valence-corrected chi connectivity index (χ4v) is 3.31. The minimum atomic E-state index is 0.136. The van der Waals surface area contributed by atoms with Crippen molar-refractivity contribution in [3.63, 3.8) is 0 Å². The first kappa shape index (κ1) is 15.3. The number of rotatable bonds is 2. The van der Waals surface area contributed by atoms with E-state index >= 15 is 0 Å². The van der Waals surface area contributed by atoms with Gasteiger partial charge in [-0.1, -0.05) is 6.92 Å². The highest BCUT2D eigenvalue weighted by atomic mass is 127. The molecule has 1 aliphatic rings. The number of likely N-dealkylation sites (N-methyl/N-ethyl adjacent to an activating group) is 1. The molecule has 1 aromatic carbocycles. The van der Waals surface area contributed by atoms with Gasteiger partial charge in [0.1, 0.15) is 0 Å². The predicted molar refractivity (Wildman–Crippen MR) is 89.5 cm³/mol. The van der Waals surface area contributed by atoms with E-state index in [1.807, 2.05) is 23.1 Å². The van der Waals surface area contributed by atoms with Crippen LogP contribution in [0.1, 0.15) is 23.7 Å². The molecule has 0 spiro atoms. The molecule has 0 aliphatic carbocycles. The van der Waals surface area contributed by atoms with Gasteiger partial charge in [-0.25, -0.2) is 0 Å². The van der Waals surface area contributed by atoms with Gasteiger partial charge < -0.3 is 4.90 Å². The van der Waals surface area contributed by atoms with Crippen LogP contribution in [0.5, 0.6) is 0 Å². The third-order valence-electron chi connectivity index (χ3n) is 3.69. The molecule has 1 atom stereocenters. The van der Waals surface area contributed by atoms with Crippen LogP contribution in [-0.4, -0.2) is 48.4 Å². The van der Waals surface area contributed by atoms with Crippen LogP contribution in [0.15, 0.2) is 22.7 Å². The topological polar surface area (TPSA) is 23.6 Å². The molecule has 19 heavy (non-hydrogen) atoms. The lowest BCUT2D eigenvalue weighted by molar-refractivity contribution is 0.0541. The van der Waals surface area contributed by atoms with Crippen LogP contribution in [0.3, 0.4) is 0 Å². The minimum Gasteiger partial charge on any atom is -0.336 e. The molecular weight excluding hydrogens is 419 g/mol. The number of benzene rings is 1. The lowest BCUT2D eigenvalue weighted by atomic mass is 10.1. The maximum absolute atomic E-state index is 12.6. The largest absolute Gasteiger partial charge is 0.336 e. The first-order valence-corrected chi connectivity index (χ1v) is 8.34. The first-order chi connectivity index (χ1) is 9.02. The maximum Gasteiger partial charge on any atom is 0.255 e. The molecule has 2 rings (SSSR count). The number of carbonyl (C=O) groups is 1. The van der Waals surface area contributed by atoms with Crippen molar-refractivity contribution in [1.29, 1.82) is 0 Å². The van der Waals surface area contributed by atoms with Crippen molar-refractivity contribution in [3.05, 3.63) is 31.8 Å². The van der Waals surface area contributed by atoms with Crippen LogP contribution in [0.25, 0.3) is 0 Å². The van der Waals surface area contributed by atoms with E-state index < -0.39 is 0 Å². The summed E-state index contributed by atoms with van der Waals surface area (Å²) in [6.45, 7) is 4.76. The second kappa shape index (κ2) is 6.54. The highest BCUT2D eigenvalue weighted by Crippen LogP contribution is 2.22. The van der Waals surface area contributed by atoms with Crippen LogP contribution in [0, 0.1) is 3.57 Å². The Labute approximate surface area is 136 Å². The van der Waals surface area contributed by atoms with Gasteiger partial charge in [-0.15, -0.1) is 0 Å². The van der Waals surface area contributed by atoms with Crippen molar-refractivity contribution in [2.75, 3.05) is 26.7 Å². The van der Waals surface area contributed by atoms with Gasteiger partial charge in [-0.2, -0.15) is 0 Å². The molecule has 1 heterocycles. The Bertz CT molecular complexity index is 481. The normalized spacial score (nSPS) is 20.6. The standard InChI is InChI=1S/C14H18BrIN2O/c1-3-11-9-18(7-6-17(11)2)14(19)12-8-10(16)4-5-13(12)15/h4-5,8,11H,3,6-7,9H2,1-2H3. The molecule has 1 unspecified atom stereocenters. The van der Waals surface area contributed by atoms with Crippen molar-refractivity contribution in [3.8, 4) is 0 Å². The number of hydrogen-bond donors (Lipinski definition) is 0. The average molecular weight is 437 g/mol. The molecule has 0 radical (unpaired) electrons. The summed E-state index contributed by atoms with van der Waals surface area (Å²) >= 11 is 5.72. The van der Waals surface area contributed by atoms with Crippen molar-refractivity contribution in [2.24, 2.45) is 0 Å². The summed E-state index contributed by atoms with van der Waals surface area (Å²) < 4.78 is 1.97. The third kappa shape index (κ3) is 3.49. The van der Waals surface area contributed by atoms with Crippen LogP contribution >= 0.6 is 38.5 Å². The van der Waals surface area contributed by atoms with E-state index in [4.69, 9.17) is 0 Å². The van der Waals surface area contributed by atoms with E-state index in [2.05, 4.69) is 57.4 Å². The Morgan fingerprint density at radius 3 is 2.89 bits per heavy atom. The second-order valence-corrected chi connectivity index (χ2v) is 7.02. The van der Waals surface area contributed by atoms with Crippen molar-refractivity contribution >= 4 is 44.4 Å². The van der Waals surface area contributed by atoms with E-state index in [1.165, 1.54) is 0 Å². The number of piperazine rings is 1. The highest BCUT2D eigenvalue weighted by Gasteiger charge is 2.27. The summed E-state index contributed by atoms with van der Waals surface area (Å²) in [6, 6.07) is 6.37. The molecule has 0 bridgehead atoms. The Morgan fingerprint density at radius 1 is 1.47 bits per heavy atom. The molecule has 0 N–H and O–H groups in total. The van der Waals surface area contributed by atoms with E-state index in [-0.39, 0.29) is 5.91 Å². The van der Waals surface area contributed by atoms with Gasteiger partial charge in [0.05, 0.1) is 5.56 Å². The smallest absolute Gasteiger partial charge is 0.255 e. The van der Waals surface area contributed by atoms with Gasteiger partial charge in [-0.05, 0) is 70.2 Å². The summed E-state index contributed by atoms with van der Waals surface area (Å²) in [5, 5.41) is 0. The fourth-order valence-electron chi connectivity index (χ4n) is 2.40. The Hall–Kier alpha value is -0.140. The SMILES string of the molecule is CCC1CN(C(=O)c2cc(I)ccc2Br)CCN1C. The van der Waals surface area contributed by atoms with Gasteiger partial charge in [-0.3, -0.25) is 9.69 Å². The zero-order valence-electron chi connectivity index (χ0n) is 11.2. The number of amides is 1. The van der Waals surface area contributed by atoms with Crippen molar-refractivity contribution < 1.29 is 4.79 Å². The molecule has 0 saturated carbocycles. The van der Waals surface area contributed by atoms with E-state index in [1.54, 1.807) is 0 Å². The fraction of sp³-hybridized carbons (Fsp3) is 0.500. The van der Waals surface area contributed by atoms with E-state index in [0.29, 0.717) is 6.04 Å². The number of nitrogens with zero attached hydrogens (tertiary/aromatic N) is 2. The average Bonchev–Trinajstić information content (AvgIpc) is 2.41. The lowest BCUT2D eigenvalue weighted by Crippen LogP contribution is -2.53. The zero-order valence-corrected chi connectivity index (χ0v) is 14.9. The van der Waals surface area contributed by atoms with Gasteiger partial charge >= 0.3 is 0 Å². The summed E-state index contributed by atoms with van der Waals surface area (Å²) in [6.07, 6.45) is 1.08. The summed E-state index contributed by atoms with van der Waals surface area (Å²) in [5.74, 6) is 0.136. The van der Waals surface area contributed by atoms with Crippen LogP contribution in [0.2, 0.25) is 0 Å². The predicted octanol–water partition coefficient (Wildman–Crippen LogP) is 3.22. The van der Waals surface area contributed by atoms with Gasteiger partial charge in [0, 0.05) is 33.7 Å². The zero-order chi connectivity index (χ0) is 14.0. The Morgan fingerprint density at radius 2 is 2.21 bits per heavy atom. The summed E-state index contributed by atoms with van der Waals surface area (Å²) in [4.78, 5) is 16.9. The summed E-state index contributed by atoms with van der Waals surface area (Å²) in [7, 11) is 2.14. The molecule has 5 heteroatoms. The Balaban J connectivity index is 2.18. The minimum absolute atomic E-state index is 0.136. The quantitative estimate of drug-likeness (QED) is 0.664. The molecule has 3 nitrogen and oxygen atoms in total. The van der Waals surface area contributed by atoms with E-state index in [9.17, 15) is 4.79 Å². The van der Waals surface area contributed by atoms with Crippen LogP contribution in [-0.2, 0) is 0 Å². The molecule has 1 saturated heterocycles. The third-order valence-corrected chi connectivity index (χ3v) is 5.06. The number of halogens is 2. The van der Waals surface area contributed by atoms with Gasteiger partial charge in [0.25, 0.3) is 5.91 Å². The molecule has 0 aromatic heterocycles. The Kier molecular flexibility index (Phi) is 5.25. The summed E-state index contributed by atoms with van der Waals surface area (Å²) in [5.41, 5.74) is 0.770. The number of hydrogen-bond acceptors (Lipinski definition) is 2. The molecule has 104 valence electrons. The van der Waals surface area contributed by atoms with Gasteiger partial charge in [0.15, 0.2) is 0 Å². The molecule has 1 aromatic rings.